The van der Waals surface area contributed by atoms with Crippen LogP contribution in [0.2, 0.25) is 0 Å². The number of methoxy groups -OCH3 is 1. The van der Waals surface area contributed by atoms with Gasteiger partial charge >= 0.3 is 5.97 Å². The Morgan fingerprint density at radius 3 is 2.70 bits per heavy atom. The standard InChI is InChI=1S/C14H16BrNO4/c1-9(11-5-6-12(20-11)14(17)18-3)16(2)8-10-4-7-13(15)19-10/h4-7,9H,8H2,1-3H3. The van der Waals surface area contributed by atoms with E-state index in [1.807, 2.05) is 26.1 Å². The van der Waals surface area contributed by atoms with Crippen molar-refractivity contribution >= 4 is 21.9 Å². The molecule has 20 heavy (non-hydrogen) atoms. The number of ether oxygens (including phenoxy) is 1. The average molecular weight is 342 g/mol. The molecule has 0 aliphatic heterocycles. The molecule has 0 aliphatic rings. The minimum atomic E-state index is -0.471. The molecule has 0 fully saturated rings. The molecular formula is C14H16BrNO4. The fourth-order valence-corrected chi connectivity index (χ4v) is 2.16. The molecule has 0 spiro atoms. The molecule has 0 saturated carbocycles. The highest BCUT2D eigenvalue weighted by Gasteiger charge is 2.19. The lowest BCUT2D eigenvalue weighted by molar-refractivity contribution is 0.0559. The first-order chi connectivity index (χ1) is 9.51. The summed E-state index contributed by atoms with van der Waals surface area (Å²) in [4.78, 5) is 13.4. The highest BCUT2D eigenvalue weighted by molar-refractivity contribution is 9.10. The third kappa shape index (κ3) is 3.32. The predicted molar refractivity (Wildman–Crippen MR) is 76.3 cm³/mol. The largest absolute Gasteiger partial charge is 0.463 e. The Hall–Kier alpha value is -1.53. The quantitative estimate of drug-likeness (QED) is 0.777. The van der Waals surface area contributed by atoms with Crippen molar-refractivity contribution in [3.05, 3.63) is 46.2 Å². The van der Waals surface area contributed by atoms with Gasteiger partial charge in [-0.25, -0.2) is 4.79 Å². The van der Waals surface area contributed by atoms with E-state index in [0.29, 0.717) is 17.0 Å². The highest BCUT2D eigenvalue weighted by atomic mass is 79.9. The van der Waals surface area contributed by atoms with E-state index in [1.165, 1.54) is 7.11 Å². The Labute approximate surface area is 125 Å². The van der Waals surface area contributed by atoms with Crippen LogP contribution in [0.1, 0.15) is 35.0 Å². The molecule has 0 amide bonds. The number of rotatable bonds is 5. The van der Waals surface area contributed by atoms with Crippen molar-refractivity contribution in [1.29, 1.82) is 0 Å². The van der Waals surface area contributed by atoms with Gasteiger partial charge < -0.3 is 13.6 Å². The SMILES string of the molecule is COC(=O)c1ccc(C(C)N(C)Cc2ccc(Br)o2)o1. The zero-order valence-electron chi connectivity index (χ0n) is 11.6. The van der Waals surface area contributed by atoms with Gasteiger partial charge in [0.25, 0.3) is 0 Å². The third-order valence-electron chi connectivity index (χ3n) is 3.12. The first kappa shape index (κ1) is 14.9. The Kier molecular flexibility index (Phi) is 4.67. The topological polar surface area (TPSA) is 55.8 Å². The van der Waals surface area contributed by atoms with Crippen molar-refractivity contribution in [2.24, 2.45) is 0 Å². The van der Waals surface area contributed by atoms with Crippen LogP contribution in [0.3, 0.4) is 0 Å². The van der Waals surface area contributed by atoms with E-state index in [-0.39, 0.29) is 11.8 Å². The molecule has 0 aliphatic carbocycles. The summed E-state index contributed by atoms with van der Waals surface area (Å²) in [6.07, 6.45) is 0. The molecule has 0 radical (unpaired) electrons. The first-order valence-electron chi connectivity index (χ1n) is 6.13. The summed E-state index contributed by atoms with van der Waals surface area (Å²) in [5, 5.41) is 0. The van der Waals surface area contributed by atoms with Crippen LogP contribution in [0, 0.1) is 0 Å². The monoisotopic (exact) mass is 341 g/mol. The van der Waals surface area contributed by atoms with Gasteiger partial charge in [-0.1, -0.05) is 0 Å². The van der Waals surface area contributed by atoms with Gasteiger partial charge in [-0.15, -0.1) is 0 Å². The van der Waals surface area contributed by atoms with Gasteiger partial charge in [0.2, 0.25) is 5.76 Å². The summed E-state index contributed by atoms with van der Waals surface area (Å²) in [7, 11) is 3.29. The van der Waals surface area contributed by atoms with E-state index in [1.54, 1.807) is 12.1 Å². The summed E-state index contributed by atoms with van der Waals surface area (Å²) >= 11 is 3.28. The summed E-state index contributed by atoms with van der Waals surface area (Å²) in [6, 6.07) is 7.18. The van der Waals surface area contributed by atoms with Crippen LogP contribution in [0.25, 0.3) is 0 Å². The fourth-order valence-electron chi connectivity index (χ4n) is 1.82. The van der Waals surface area contributed by atoms with Crippen molar-refractivity contribution in [2.45, 2.75) is 19.5 Å². The number of carbonyl (C=O) groups excluding carboxylic acids is 1. The maximum Gasteiger partial charge on any atom is 0.373 e. The van der Waals surface area contributed by atoms with E-state index in [9.17, 15) is 4.79 Å². The van der Waals surface area contributed by atoms with E-state index < -0.39 is 5.97 Å². The van der Waals surface area contributed by atoms with Gasteiger partial charge in [-0.3, -0.25) is 4.90 Å². The van der Waals surface area contributed by atoms with Crippen molar-refractivity contribution in [2.75, 3.05) is 14.2 Å². The predicted octanol–water partition coefficient (Wildman–Crippen LogP) is 3.61. The molecule has 2 aromatic rings. The number of carbonyl (C=O) groups is 1. The smallest absolute Gasteiger partial charge is 0.373 e. The van der Waals surface area contributed by atoms with Crippen LogP contribution < -0.4 is 0 Å². The molecule has 2 aromatic heterocycles. The lowest BCUT2D eigenvalue weighted by Crippen LogP contribution is -2.21. The van der Waals surface area contributed by atoms with Crippen molar-refractivity contribution in [3.63, 3.8) is 0 Å². The molecule has 1 atom stereocenters. The molecule has 108 valence electrons. The lowest BCUT2D eigenvalue weighted by atomic mass is 10.2. The number of halogens is 1. The van der Waals surface area contributed by atoms with E-state index in [2.05, 4.69) is 25.6 Å². The minimum Gasteiger partial charge on any atom is -0.463 e. The summed E-state index contributed by atoms with van der Waals surface area (Å²) in [6.45, 7) is 2.64. The van der Waals surface area contributed by atoms with Gasteiger partial charge in [0.05, 0.1) is 19.7 Å². The van der Waals surface area contributed by atoms with Gasteiger partial charge in [0.1, 0.15) is 11.5 Å². The summed E-state index contributed by atoms with van der Waals surface area (Å²) in [5.41, 5.74) is 0. The van der Waals surface area contributed by atoms with Crippen LogP contribution in [0.15, 0.2) is 37.8 Å². The highest BCUT2D eigenvalue weighted by Crippen LogP contribution is 2.24. The van der Waals surface area contributed by atoms with Crippen molar-refractivity contribution in [1.82, 2.24) is 4.90 Å². The lowest BCUT2D eigenvalue weighted by Gasteiger charge is -2.21. The Bertz CT molecular complexity index is 590. The van der Waals surface area contributed by atoms with Crippen LogP contribution in [-0.4, -0.2) is 25.0 Å². The van der Waals surface area contributed by atoms with Gasteiger partial charge in [0.15, 0.2) is 4.67 Å². The minimum absolute atomic E-state index is 0.0114. The summed E-state index contributed by atoms with van der Waals surface area (Å²) in [5.74, 6) is 1.30. The number of nitrogens with zero attached hydrogens (tertiary/aromatic N) is 1. The number of furan rings is 2. The third-order valence-corrected chi connectivity index (χ3v) is 3.55. The second-order valence-corrected chi connectivity index (χ2v) is 5.27. The zero-order valence-corrected chi connectivity index (χ0v) is 13.1. The second kappa shape index (κ2) is 6.28. The van der Waals surface area contributed by atoms with Gasteiger partial charge in [-0.05, 0) is 54.2 Å². The van der Waals surface area contributed by atoms with E-state index in [4.69, 9.17) is 8.83 Å². The van der Waals surface area contributed by atoms with Gasteiger partial charge in [0, 0.05) is 0 Å². The fraction of sp³-hybridized carbons (Fsp3) is 0.357. The summed E-state index contributed by atoms with van der Waals surface area (Å²) < 4.78 is 16.3. The molecule has 2 heterocycles. The normalized spacial score (nSPS) is 12.7. The van der Waals surface area contributed by atoms with Crippen LogP contribution >= 0.6 is 15.9 Å². The van der Waals surface area contributed by atoms with Crippen LogP contribution in [0.5, 0.6) is 0 Å². The number of hydrogen-bond donors (Lipinski definition) is 0. The van der Waals surface area contributed by atoms with Gasteiger partial charge in [-0.2, -0.15) is 0 Å². The molecule has 0 aromatic carbocycles. The molecule has 0 N–H and O–H groups in total. The number of hydrogen-bond acceptors (Lipinski definition) is 5. The second-order valence-electron chi connectivity index (χ2n) is 4.49. The zero-order chi connectivity index (χ0) is 14.7. The maximum atomic E-state index is 11.4. The Balaban J connectivity index is 2.04. The van der Waals surface area contributed by atoms with E-state index in [0.717, 1.165) is 5.76 Å². The molecule has 6 heteroatoms. The molecule has 2 rings (SSSR count). The molecule has 0 saturated heterocycles. The Morgan fingerprint density at radius 2 is 2.10 bits per heavy atom. The first-order valence-corrected chi connectivity index (χ1v) is 6.93. The molecule has 0 bridgehead atoms. The Morgan fingerprint density at radius 1 is 1.35 bits per heavy atom. The average Bonchev–Trinajstić information content (AvgIpc) is 3.06. The van der Waals surface area contributed by atoms with Crippen LogP contribution in [-0.2, 0) is 11.3 Å². The van der Waals surface area contributed by atoms with Crippen LogP contribution in [0.4, 0.5) is 0 Å². The van der Waals surface area contributed by atoms with Crippen molar-refractivity contribution in [3.8, 4) is 0 Å². The molecule has 5 nitrogen and oxygen atoms in total. The van der Waals surface area contributed by atoms with E-state index >= 15 is 0 Å². The molecule has 1 unspecified atom stereocenters. The molecular weight excluding hydrogens is 326 g/mol. The number of esters is 1. The maximum absolute atomic E-state index is 11.4. The van der Waals surface area contributed by atoms with Crippen molar-refractivity contribution < 1.29 is 18.4 Å².